The van der Waals surface area contributed by atoms with Crippen LogP contribution in [-0.4, -0.2) is 88.3 Å². The van der Waals surface area contributed by atoms with Crippen LogP contribution in [0.4, 0.5) is 14.6 Å². The molecule has 198 valence electrons. The van der Waals surface area contributed by atoms with Crippen LogP contribution in [-0.2, 0) is 18.0 Å². The van der Waals surface area contributed by atoms with Crippen molar-refractivity contribution in [1.29, 1.82) is 0 Å². The zero-order valence-electron chi connectivity index (χ0n) is 20.9. The van der Waals surface area contributed by atoms with Crippen LogP contribution in [0.3, 0.4) is 0 Å². The van der Waals surface area contributed by atoms with Crippen molar-refractivity contribution in [3.63, 3.8) is 0 Å². The lowest BCUT2D eigenvalue weighted by Gasteiger charge is -2.42. The van der Waals surface area contributed by atoms with E-state index in [0.29, 0.717) is 54.9 Å². The van der Waals surface area contributed by atoms with Crippen LogP contribution in [0.15, 0.2) is 4.47 Å². The number of hydrogen-bond donors (Lipinski definition) is 1. The van der Waals surface area contributed by atoms with Crippen LogP contribution in [0.2, 0.25) is 6.82 Å². The molecule has 5 aliphatic rings. The van der Waals surface area contributed by atoms with Gasteiger partial charge in [-0.15, -0.1) is 0 Å². The predicted molar refractivity (Wildman–Crippen MR) is 139 cm³/mol. The molecule has 2 unspecified atom stereocenters. The summed E-state index contributed by atoms with van der Waals surface area (Å²) < 4.78 is 42.5. The van der Waals surface area contributed by atoms with E-state index in [4.69, 9.17) is 14.5 Å². The molecule has 7 rings (SSSR count). The molecule has 0 spiro atoms. The quantitative estimate of drug-likeness (QED) is 0.543. The van der Waals surface area contributed by atoms with Crippen molar-refractivity contribution in [2.75, 3.05) is 37.7 Å². The third-order valence-corrected chi connectivity index (χ3v) is 10.0. The topological polar surface area (TPSA) is 74.2 Å². The molecule has 0 saturated carbocycles. The van der Waals surface area contributed by atoms with Crippen LogP contribution >= 0.6 is 15.9 Å². The van der Waals surface area contributed by atoms with Crippen molar-refractivity contribution in [2.24, 2.45) is 0 Å². The molecule has 1 aromatic heterocycles. The Balaban J connectivity index is 1.32. The fourth-order valence-corrected chi connectivity index (χ4v) is 7.98. The molecule has 0 radical (unpaired) electrons. The van der Waals surface area contributed by atoms with Crippen molar-refractivity contribution in [1.82, 2.24) is 19.7 Å². The van der Waals surface area contributed by atoms with Crippen molar-refractivity contribution < 1.29 is 23.3 Å². The summed E-state index contributed by atoms with van der Waals surface area (Å²) in [6.45, 7) is 5.54. The molecule has 2 aromatic rings. The van der Waals surface area contributed by atoms with Crippen LogP contribution < -0.4 is 9.64 Å². The molecule has 5 aliphatic heterocycles. The molecular formula is C25H31BBrF2N5O3. The van der Waals surface area contributed by atoms with Gasteiger partial charge in [0.15, 0.2) is 5.82 Å². The minimum Gasteiger partial charge on any atom is -0.461 e. The van der Waals surface area contributed by atoms with Gasteiger partial charge in [0.25, 0.3) is 0 Å². The van der Waals surface area contributed by atoms with E-state index in [0.717, 1.165) is 43.4 Å². The number of piperazine rings is 1. The largest absolute Gasteiger partial charge is 0.461 e. The minimum absolute atomic E-state index is 0.132. The number of nitrogens with zero attached hydrogens (tertiary/aromatic N) is 5. The lowest BCUT2D eigenvalue weighted by Crippen LogP contribution is -2.57. The van der Waals surface area contributed by atoms with Crippen molar-refractivity contribution >= 4 is 39.7 Å². The van der Waals surface area contributed by atoms with E-state index >= 15 is 4.39 Å². The number of hydrogen-bond acceptors (Lipinski definition) is 8. The molecule has 1 N–H and O–H groups in total. The third-order valence-electron chi connectivity index (χ3n) is 9.21. The molecule has 12 heteroatoms. The molecule has 4 saturated heterocycles. The summed E-state index contributed by atoms with van der Waals surface area (Å²) in [4.78, 5) is 16.1. The first-order valence-electron chi connectivity index (χ1n) is 13.4. The average Bonchev–Trinajstić information content (AvgIpc) is 3.62. The van der Waals surface area contributed by atoms with Gasteiger partial charge in [-0.3, -0.25) is 4.90 Å². The highest BCUT2D eigenvalue weighted by molar-refractivity contribution is 9.10. The van der Waals surface area contributed by atoms with Crippen LogP contribution in [0.1, 0.15) is 43.2 Å². The summed E-state index contributed by atoms with van der Waals surface area (Å²) in [5, 5.41) is 10.9. The van der Waals surface area contributed by atoms with E-state index in [-0.39, 0.29) is 35.8 Å². The number of rotatable bonds is 5. The number of ether oxygens (including phenoxy) is 2. The molecule has 8 nitrogen and oxygen atoms in total. The maximum atomic E-state index is 15.8. The van der Waals surface area contributed by atoms with Gasteiger partial charge < -0.3 is 24.2 Å². The highest BCUT2D eigenvalue weighted by Crippen LogP contribution is 2.45. The Morgan fingerprint density at radius 2 is 1.95 bits per heavy atom. The number of fused-ring (bicyclic) bond motifs is 6. The minimum atomic E-state index is -0.853. The maximum Gasteiger partial charge on any atom is 0.376 e. The van der Waals surface area contributed by atoms with Gasteiger partial charge in [-0.05, 0) is 60.5 Å². The van der Waals surface area contributed by atoms with Gasteiger partial charge in [-0.1, -0.05) is 0 Å². The van der Waals surface area contributed by atoms with Gasteiger partial charge in [-0.25, -0.2) is 8.78 Å². The Labute approximate surface area is 223 Å². The molecule has 4 fully saturated rings. The summed E-state index contributed by atoms with van der Waals surface area (Å²) in [5.74, 6) is 0.245. The van der Waals surface area contributed by atoms with E-state index in [2.05, 4.69) is 35.5 Å². The molecule has 0 aliphatic carbocycles. The van der Waals surface area contributed by atoms with Gasteiger partial charge in [0.2, 0.25) is 0 Å². The molecular weight excluding hydrogens is 547 g/mol. The van der Waals surface area contributed by atoms with Crippen LogP contribution in [0.5, 0.6) is 6.01 Å². The molecule has 6 heterocycles. The van der Waals surface area contributed by atoms with Gasteiger partial charge in [0, 0.05) is 43.7 Å². The summed E-state index contributed by atoms with van der Waals surface area (Å²) in [6, 6.07) is 0.429. The molecule has 1 aromatic carbocycles. The number of aromatic nitrogens is 2. The smallest absolute Gasteiger partial charge is 0.376 e. The van der Waals surface area contributed by atoms with E-state index < -0.39 is 19.0 Å². The van der Waals surface area contributed by atoms with E-state index in [1.54, 1.807) is 6.82 Å². The molecule has 37 heavy (non-hydrogen) atoms. The van der Waals surface area contributed by atoms with Crippen molar-refractivity contribution in [3.8, 4) is 6.01 Å². The normalized spacial score (nSPS) is 31.4. The summed E-state index contributed by atoms with van der Waals surface area (Å²) >= 11 is 3.44. The third kappa shape index (κ3) is 3.81. The molecule has 0 amide bonds. The number of halogens is 3. The molecule has 2 bridgehead atoms. The van der Waals surface area contributed by atoms with E-state index in [1.165, 1.54) is 0 Å². The summed E-state index contributed by atoms with van der Waals surface area (Å²) in [7, 11) is -0.517. The summed E-state index contributed by atoms with van der Waals surface area (Å²) in [6.07, 6.45) is 3.44. The van der Waals surface area contributed by atoms with Crippen molar-refractivity contribution in [3.05, 3.63) is 21.4 Å². The maximum absolute atomic E-state index is 15.8. The van der Waals surface area contributed by atoms with Crippen LogP contribution in [0.25, 0.3) is 10.9 Å². The Morgan fingerprint density at radius 3 is 2.70 bits per heavy atom. The Hall–Kier alpha value is -1.60. The second kappa shape index (κ2) is 8.97. The first-order valence-corrected chi connectivity index (χ1v) is 14.1. The first-order chi connectivity index (χ1) is 17.8. The van der Waals surface area contributed by atoms with Gasteiger partial charge in [-0.2, -0.15) is 9.97 Å². The summed E-state index contributed by atoms with van der Waals surface area (Å²) in [5.41, 5.74) is 1.60. The lowest BCUT2D eigenvalue weighted by atomic mass is 9.83. The number of anilines is 1. The fraction of sp³-hybridized carbons (Fsp3) is 0.680. The zero-order chi connectivity index (χ0) is 25.5. The highest BCUT2D eigenvalue weighted by atomic mass is 79.9. The van der Waals surface area contributed by atoms with Gasteiger partial charge in [0.1, 0.15) is 24.1 Å². The second-order valence-electron chi connectivity index (χ2n) is 11.4. The SMILES string of the molecule is CB(O)N1CC2CCC(C1)N2c1nc(OC[C@@]23CCCN2C[C@H](F)C3)nc2c(F)c(Br)c3c(c12)COC3. The first kappa shape index (κ1) is 24.4. The Morgan fingerprint density at radius 1 is 1.19 bits per heavy atom. The lowest BCUT2D eigenvalue weighted by molar-refractivity contribution is 0.107. The predicted octanol–water partition coefficient (Wildman–Crippen LogP) is 3.28. The highest BCUT2D eigenvalue weighted by Gasteiger charge is 2.50. The fourth-order valence-electron chi connectivity index (χ4n) is 7.44. The standard InChI is InChI=1S/C25H31BBrF2N5O3/c1-26(35)33-9-15-3-4-16(10-33)34(15)23-19-17-11-36-12-18(17)20(27)21(29)22(19)30-24(31-23)37-13-25-5-2-6-32(25)8-14(28)7-25/h14-16,35H,2-13H2,1H3/t14-,15?,16?,25+/m1/s1. The number of alkyl halides is 1. The Kier molecular flexibility index (Phi) is 5.93. The van der Waals surface area contributed by atoms with Gasteiger partial charge >= 0.3 is 13.1 Å². The Bertz CT molecular complexity index is 1240. The van der Waals surface area contributed by atoms with Crippen molar-refractivity contribution in [2.45, 2.75) is 75.9 Å². The molecule has 4 atom stereocenters. The van der Waals surface area contributed by atoms with Gasteiger partial charge in [0.05, 0.1) is 28.6 Å². The number of benzene rings is 1. The van der Waals surface area contributed by atoms with E-state index in [9.17, 15) is 9.41 Å². The van der Waals surface area contributed by atoms with E-state index in [1.807, 2.05) is 0 Å². The monoisotopic (exact) mass is 577 g/mol. The average molecular weight is 578 g/mol. The van der Waals surface area contributed by atoms with Crippen LogP contribution in [0, 0.1) is 5.82 Å². The second-order valence-corrected chi connectivity index (χ2v) is 12.2. The zero-order valence-corrected chi connectivity index (χ0v) is 22.5.